The summed E-state index contributed by atoms with van der Waals surface area (Å²) < 4.78 is 4.59. The van der Waals surface area contributed by atoms with E-state index < -0.39 is 5.91 Å². The standard InChI is InChI=1S/C16H23N5O3/c1-11(2)20(12(3)4)9-8-18-16(22)14-15(21(23)24-19-14)13-6-5-7-17-10-13/h5-7,10-12H,8-9H2,1-4H3,(H,18,22). The molecule has 0 aliphatic rings. The monoisotopic (exact) mass is 333 g/mol. The van der Waals surface area contributed by atoms with Crippen molar-refractivity contribution >= 4 is 5.91 Å². The predicted molar refractivity (Wildman–Crippen MR) is 88.0 cm³/mol. The summed E-state index contributed by atoms with van der Waals surface area (Å²) in [6.45, 7) is 9.60. The summed E-state index contributed by atoms with van der Waals surface area (Å²) in [7, 11) is 0. The Balaban J connectivity index is 2.06. The molecule has 0 saturated carbocycles. The first-order chi connectivity index (χ1) is 11.4. The number of nitrogens with zero attached hydrogens (tertiary/aromatic N) is 4. The van der Waals surface area contributed by atoms with Gasteiger partial charge < -0.3 is 10.5 Å². The number of nitrogens with one attached hydrogen (secondary N) is 1. The average Bonchev–Trinajstić information content (AvgIpc) is 2.93. The maximum atomic E-state index is 12.3. The lowest BCUT2D eigenvalue weighted by Crippen LogP contribution is -2.42. The van der Waals surface area contributed by atoms with Gasteiger partial charge in [0.05, 0.1) is 5.16 Å². The molecule has 0 aliphatic carbocycles. The SMILES string of the molecule is CC(C)N(CCNC(=O)c1no[n+]([O-])c1-c1cccnc1)C(C)C. The molecule has 0 aromatic carbocycles. The van der Waals surface area contributed by atoms with Gasteiger partial charge in [-0.3, -0.25) is 19.3 Å². The molecule has 0 spiro atoms. The molecule has 0 aliphatic heterocycles. The number of carbonyl (C=O) groups is 1. The van der Waals surface area contributed by atoms with Gasteiger partial charge in [-0.2, -0.15) is 0 Å². The quantitative estimate of drug-likeness (QED) is 0.765. The van der Waals surface area contributed by atoms with Crippen LogP contribution in [0.4, 0.5) is 0 Å². The molecule has 0 atom stereocenters. The van der Waals surface area contributed by atoms with Crippen LogP contribution in [0.2, 0.25) is 0 Å². The number of carbonyl (C=O) groups excluding carboxylic acids is 1. The van der Waals surface area contributed by atoms with Crippen LogP contribution in [-0.4, -0.2) is 46.1 Å². The van der Waals surface area contributed by atoms with Gasteiger partial charge in [0.2, 0.25) is 5.69 Å². The third-order valence-electron chi connectivity index (χ3n) is 3.75. The number of pyridine rings is 1. The summed E-state index contributed by atoms with van der Waals surface area (Å²) in [5.74, 6) is -0.445. The van der Waals surface area contributed by atoms with Crippen LogP contribution < -0.4 is 10.2 Å². The topological polar surface area (TPSA) is 98.2 Å². The predicted octanol–water partition coefficient (Wildman–Crippen LogP) is 1.22. The van der Waals surface area contributed by atoms with Crippen LogP contribution in [0.15, 0.2) is 29.2 Å². The van der Waals surface area contributed by atoms with Crippen LogP contribution in [0.3, 0.4) is 0 Å². The summed E-state index contributed by atoms with van der Waals surface area (Å²) in [6.07, 6.45) is 3.06. The van der Waals surface area contributed by atoms with E-state index in [0.717, 1.165) is 0 Å². The third kappa shape index (κ3) is 4.08. The highest BCUT2D eigenvalue weighted by Gasteiger charge is 2.27. The van der Waals surface area contributed by atoms with Crippen LogP contribution >= 0.6 is 0 Å². The van der Waals surface area contributed by atoms with Crippen LogP contribution in [0.5, 0.6) is 0 Å². The molecule has 130 valence electrons. The van der Waals surface area contributed by atoms with Crippen LogP contribution in [0.1, 0.15) is 38.2 Å². The van der Waals surface area contributed by atoms with Gasteiger partial charge in [-0.25, -0.2) is 0 Å². The minimum Gasteiger partial charge on any atom is -0.359 e. The lowest BCUT2D eigenvalue weighted by Gasteiger charge is -2.30. The number of rotatable bonds is 7. The molecule has 2 aromatic heterocycles. The third-order valence-corrected chi connectivity index (χ3v) is 3.75. The van der Waals surface area contributed by atoms with E-state index in [4.69, 9.17) is 0 Å². The van der Waals surface area contributed by atoms with E-state index in [1.54, 1.807) is 18.3 Å². The van der Waals surface area contributed by atoms with Crippen molar-refractivity contribution in [1.82, 2.24) is 20.4 Å². The first-order valence-electron chi connectivity index (χ1n) is 7.96. The molecule has 0 radical (unpaired) electrons. The van der Waals surface area contributed by atoms with Gasteiger partial charge in [0.1, 0.15) is 0 Å². The summed E-state index contributed by atoms with van der Waals surface area (Å²) >= 11 is 0. The van der Waals surface area contributed by atoms with Gasteiger partial charge in [-0.05, 0) is 44.7 Å². The molecule has 0 saturated heterocycles. The zero-order chi connectivity index (χ0) is 17.7. The van der Waals surface area contributed by atoms with Crippen LogP contribution in [0.25, 0.3) is 11.3 Å². The zero-order valence-electron chi connectivity index (χ0n) is 14.4. The maximum absolute atomic E-state index is 12.3. The Bertz CT molecular complexity index is 662. The number of hydrogen-bond donors (Lipinski definition) is 1. The normalized spacial score (nSPS) is 11.5. The highest BCUT2D eigenvalue weighted by atomic mass is 16.8. The highest BCUT2D eigenvalue weighted by molar-refractivity contribution is 5.97. The van der Waals surface area contributed by atoms with Gasteiger partial charge >= 0.3 is 11.6 Å². The Kier molecular flexibility index (Phi) is 5.86. The van der Waals surface area contributed by atoms with Crippen molar-refractivity contribution in [3.63, 3.8) is 0 Å². The molecule has 2 heterocycles. The number of amides is 1. The highest BCUT2D eigenvalue weighted by Crippen LogP contribution is 2.17. The number of aromatic nitrogens is 3. The lowest BCUT2D eigenvalue weighted by atomic mass is 10.1. The van der Waals surface area contributed by atoms with Crippen molar-refractivity contribution in [2.45, 2.75) is 39.8 Å². The fourth-order valence-corrected chi connectivity index (χ4v) is 2.64. The Morgan fingerprint density at radius 3 is 2.67 bits per heavy atom. The summed E-state index contributed by atoms with van der Waals surface area (Å²) in [4.78, 5) is 18.8. The van der Waals surface area contributed by atoms with Gasteiger partial charge in [0.25, 0.3) is 0 Å². The molecule has 1 amide bonds. The van der Waals surface area contributed by atoms with Gasteiger partial charge in [-0.1, -0.05) is 0 Å². The maximum Gasteiger partial charge on any atom is 0.313 e. The Labute approximate surface area is 141 Å². The van der Waals surface area contributed by atoms with Gasteiger partial charge in [0.15, 0.2) is 0 Å². The molecule has 24 heavy (non-hydrogen) atoms. The van der Waals surface area contributed by atoms with Crippen molar-refractivity contribution < 1.29 is 14.3 Å². The van der Waals surface area contributed by atoms with Crippen molar-refractivity contribution in [2.24, 2.45) is 0 Å². The summed E-state index contributed by atoms with van der Waals surface area (Å²) in [6, 6.07) is 4.10. The van der Waals surface area contributed by atoms with Crippen LogP contribution in [-0.2, 0) is 0 Å². The summed E-state index contributed by atoms with van der Waals surface area (Å²) in [5.41, 5.74) is 0.494. The van der Waals surface area contributed by atoms with Crippen molar-refractivity contribution in [3.8, 4) is 11.3 Å². The first-order valence-corrected chi connectivity index (χ1v) is 7.96. The molecule has 8 heteroatoms. The minimum absolute atomic E-state index is 0.0429. The molecule has 0 fully saturated rings. The van der Waals surface area contributed by atoms with E-state index in [-0.39, 0.29) is 16.3 Å². The lowest BCUT2D eigenvalue weighted by molar-refractivity contribution is -0.793. The number of hydrogen-bond acceptors (Lipinski definition) is 6. The molecular formula is C16H23N5O3. The molecule has 8 nitrogen and oxygen atoms in total. The zero-order valence-corrected chi connectivity index (χ0v) is 14.4. The Hall–Kier alpha value is -2.48. The molecular weight excluding hydrogens is 310 g/mol. The second-order valence-electron chi connectivity index (χ2n) is 6.05. The molecule has 0 bridgehead atoms. The molecule has 1 N–H and O–H groups in total. The second kappa shape index (κ2) is 7.87. The molecule has 2 aromatic rings. The summed E-state index contributed by atoms with van der Waals surface area (Å²) in [5, 5.41) is 18.1. The fourth-order valence-electron chi connectivity index (χ4n) is 2.64. The fraction of sp³-hybridized carbons (Fsp3) is 0.500. The van der Waals surface area contributed by atoms with Crippen LogP contribution in [0, 0.1) is 5.21 Å². The average molecular weight is 333 g/mol. The van der Waals surface area contributed by atoms with E-state index in [1.165, 1.54) is 6.20 Å². The van der Waals surface area contributed by atoms with Crippen molar-refractivity contribution in [2.75, 3.05) is 13.1 Å². The Morgan fingerprint density at radius 2 is 2.08 bits per heavy atom. The van der Waals surface area contributed by atoms with E-state index in [2.05, 4.69) is 52.7 Å². The van der Waals surface area contributed by atoms with Gasteiger partial charge in [0, 0.05) is 43.1 Å². The molecule has 2 rings (SSSR count). The smallest absolute Gasteiger partial charge is 0.313 e. The van der Waals surface area contributed by atoms with E-state index in [0.29, 0.717) is 30.7 Å². The van der Waals surface area contributed by atoms with Gasteiger partial charge in [-0.15, -0.1) is 0 Å². The van der Waals surface area contributed by atoms with E-state index >= 15 is 0 Å². The first kappa shape index (κ1) is 17.9. The van der Waals surface area contributed by atoms with Crippen molar-refractivity contribution in [3.05, 3.63) is 35.4 Å². The minimum atomic E-state index is -0.445. The molecule has 0 unspecified atom stereocenters. The van der Waals surface area contributed by atoms with E-state index in [9.17, 15) is 10.0 Å². The second-order valence-corrected chi connectivity index (χ2v) is 6.05. The largest absolute Gasteiger partial charge is 0.359 e. The Morgan fingerprint density at radius 1 is 1.38 bits per heavy atom. The van der Waals surface area contributed by atoms with E-state index in [1.807, 2.05) is 0 Å². The van der Waals surface area contributed by atoms with Crippen molar-refractivity contribution in [1.29, 1.82) is 0 Å².